The first kappa shape index (κ1) is 21.4. The maximum atomic E-state index is 12.5. The van der Waals surface area contributed by atoms with Crippen molar-refractivity contribution in [2.24, 2.45) is 0 Å². The summed E-state index contributed by atoms with van der Waals surface area (Å²) in [4.78, 5) is 12.5. The molecule has 0 aliphatic rings. The highest BCUT2D eigenvalue weighted by atomic mass is 32.2. The van der Waals surface area contributed by atoms with Crippen LogP contribution in [0, 0.1) is 11.3 Å². The minimum absolute atomic E-state index is 0.118. The number of nitrogens with zero attached hydrogens (tertiary/aromatic N) is 1. The number of benzene rings is 2. The number of carbonyl (C=O) groups is 1. The Morgan fingerprint density at radius 1 is 1.07 bits per heavy atom. The molecule has 0 unspecified atom stereocenters. The van der Waals surface area contributed by atoms with E-state index in [2.05, 4.69) is 15.4 Å². The summed E-state index contributed by atoms with van der Waals surface area (Å²) in [7, 11) is -3.67. The highest BCUT2D eigenvalue weighted by molar-refractivity contribution is 7.89. The van der Waals surface area contributed by atoms with Crippen molar-refractivity contribution in [3.63, 3.8) is 0 Å². The highest BCUT2D eigenvalue weighted by Gasteiger charge is 2.22. The Morgan fingerprint density at radius 2 is 1.71 bits per heavy atom. The molecule has 0 aromatic heterocycles. The number of sulfonamides is 1. The van der Waals surface area contributed by atoms with Crippen LogP contribution in [0.1, 0.15) is 33.3 Å². The lowest BCUT2D eigenvalue weighted by Crippen LogP contribution is -2.40. The van der Waals surface area contributed by atoms with E-state index in [1.165, 1.54) is 12.1 Å². The zero-order chi connectivity index (χ0) is 20.9. The van der Waals surface area contributed by atoms with Gasteiger partial charge >= 0.3 is 0 Å². The number of nitrogens with one attached hydrogen (secondary N) is 3. The topological polar surface area (TPSA) is 111 Å². The number of rotatable bonds is 6. The molecule has 2 aromatic rings. The van der Waals surface area contributed by atoms with Crippen molar-refractivity contribution in [1.82, 2.24) is 4.72 Å². The van der Waals surface area contributed by atoms with Gasteiger partial charge in [-0.3, -0.25) is 4.79 Å². The molecule has 0 radical (unpaired) electrons. The fraction of sp³-hybridized carbons (Fsp3) is 0.300. The summed E-state index contributed by atoms with van der Waals surface area (Å²) >= 11 is 0. The highest BCUT2D eigenvalue weighted by Crippen LogP contribution is 2.18. The third kappa shape index (κ3) is 6.08. The van der Waals surface area contributed by atoms with Gasteiger partial charge in [0, 0.05) is 16.9 Å². The van der Waals surface area contributed by atoms with Crippen molar-refractivity contribution >= 4 is 27.3 Å². The number of amides is 1. The van der Waals surface area contributed by atoms with Crippen molar-refractivity contribution in [2.75, 3.05) is 10.6 Å². The minimum atomic E-state index is -3.67. The van der Waals surface area contributed by atoms with Gasteiger partial charge < -0.3 is 10.6 Å². The van der Waals surface area contributed by atoms with E-state index in [1.54, 1.807) is 64.1 Å². The fourth-order valence-electron chi connectivity index (χ4n) is 2.41. The lowest BCUT2D eigenvalue weighted by Gasteiger charge is -2.21. The van der Waals surface area contributed by atoms with Gasteiger partial charge in [0.25, 0.3) is 0 Å². The maximum Gasteiger partial charge on any atom is 0.246 e. The molecule has 0 heterocycles. The van der Waals surface area contributed by atoms with Crippen molar-refractivity contribution in [3.05, 3.63) is 54.1 Å². The van der Waals surface area contributed by atoms with Gasteiger partial charge in [0.15, 0.2) is 0 Å². The van der Waals surface area contributed by atoms with Gasteiger partial charge in [-0.25, -0.2) is 13.1 Å². The molecule has 0 saturated heterocycles. The molecule has 0 aliphatic heterocycles. The summed E-state index contributed by atoms with van der Waals surface area (Å²) in [6, 6.07) is 14.2. The molecule has 28 heavy (non-hydrogen) atoms. The Hall–Kier alpha value is -2.89. The first-order chi connectivity index (χ1) is 13.0. The van der Waals surface area contributed by atoms with Crippen molar-refractivity contribution in [3.8, 4) is 6.07 Å². The molecule has 3 N–H and O–H groups in total. The van der Waals surface area contributed by atoms with E-state index in [1.807, 2.05) is 6.07 Å². The Balaban J connectivity index is 2.08. The summed E-state index contributed by atoms with van der Waals surface area (Å²) in [6.07, 6.45) is 0. The van der Waals surface area contributed by atoms with E-state index in [0.717, 1.165) is 0 Å². The van der Waals surface area contributed by atoms with Crippen LogP contribution in [-0.4, -0.2) is 25.9 Å². The molecule has 2 aromatic carbocycles. The average molecular weight is 401 g/mol. The number of nitriles is 1. The van der Waals surface area contributed by atoms with Crippen LogP contribution in [0.5, 0.6) is 0 Å². The smallest absolute Gasteiger partial charge is 0.246 e. The minimum Gasteiger partial charge on any atom is -0.374 e. The molecule has 0 fully saturated rings. The number of hydrogen-bond acceptors (Lipinski definition) is 5. The Bertz CT molecular complexity index is 987. The first-order valence-corrected chi connectivity index (χ1v) is 10.2. The lowest BCUT2D eigenvalue weighted by molar-refractivity contribution is -0.116. The summed E-state index contributed by atoms with van der Waals surface area (Å²) in [5, 5.41) is 14.6. The van der Waals surface area contributed by atoms with Crippen LogP contribution in [0.4, 0.5) is 11.4 Å². The van der Waals surface area contributed by atoms with Crippen molar-refractivity contribution in [2.45, 2.75) is 44.2 Å². The van der Waals surface area contributed by atoms with E-state index in [4.69, 9.17) is 5.26 Å². The van der Waals surface area contributed by atoms with E-state index >= 15 is 0 Å². The Labute approximate surface area is 165 Å². The quantitative estimate of drug-likeness (QED) is 0.690. The molecule has 7 nitrogen and oxygen atoms in total. The SMILES string of the molecule is C[C@@H](Nc1cccc(S(=O)(=O)NC(C)(C)C)c1)C(=O)Nc1ccc(C#N)cc1. The molecule has 2 rings (SSSR count). The first-order valence-electron chi connectivity index (χ1n) is 8.72. The van der Waals surface area contributed by atoms with Crippen LogP contribution in [0.15, 0.2) is 53.4 Å². The predicted molar refractivity (Wildman–Crippen MR) is 109 cm³/mol. The summed E-state index contributed by atoms with van der Waals surface area (Å²) in [5.74, 6) is -0.286. The van der Waals surface area contributed by atoms with Crippen molar-refractivity contribution in [1.29, 1.82) is 5.26 Å². The van der Waals surface area contributed by atoms with Gasteiger partial charge in [0.2, 0.25) is 15.9 Å². The summed E-state index contributed by atoms with van der Waals surface area (Å²) < 4.78 is 27.5. The zero-order valence-corrected chi connectivity index (χ0v) is 17.1. The second kappa shape index (κ2) is 8.42. The number of hydrogen-bond donors (Lipinski definition) is 3. The molecule has 0 bridgehead atoms. The molecule has 8 heteroatoms. The largest absolute Gasteiger partial charge is 0.374 e. The van der Waals surface area contributed by atoms with Crippen LogP contribution in [-0.2, 0) is 14.8 Å². The van der Waals surface area contributed by atoms with E-state index < -0.39 is 21.6 Å². The van der Waals surface area contributed by atoms with E-state index in [9.17, 15) is 13.2 Å². The molecule has 0 spiro atoms. The van der Waals surface area contributed by atoms with Gasteiger partial charge in [0.05, 0.1) is 16.5 Å². The van der Waals surface area contributed by atoms with Crippen molar-refractivity contribution < 1.29 is 13.2 Å². The molecule has 148 valence electrons. The van der Waals surface area contributed by atoms with Gasteiger partial charge in [-0.1, -0.05) is 6.07 Å². The normalized spacial score (nSPS) is 12.7. The Morgan fingerprint density at radius 3 is 2.29 bits per heavy atom. The zero-order valence-electron chi connectivity index (χ0n) is 16.3. The molecular formula is C20H24N4O3S. The van der Waals surface area contributed by atoms with Crippen LogP contribution in [0.3, 0.4) is 0 Å². The summed E-state index contributed by atoms with van der Waals surface area (Å²) in [5.41, 5.74) is 0.991. The van der Waals surface area contributed by atoms with Crippen LogP contribution in [0.2, 0.25) is 0 Å². The van der Waals surface area contributed by atoms with E-state index in [-0.39, 0.29) is 10.8 Å². The number of anilines is 2. The average Bonchev–Trinajstić information content (AvgIpc) is 2.60. The van der Waals surface area contributed by atoms with Gasteiger partial charge in [-0.2, -0.15) is 5.26 Å². The second-order valence-corrected chi connectivity index (χ2v) is 9.11. The van der Waals surface area contributed by atoms with Crippen LogP contribution in [0.25, 0.3) is 0 Å². The lowest BCUT2D eigenvalue weighted by atomic mass is 10.1. The third-order valence-electron chi connectivity index (χ3n) is 3.64. The van der Waals surface area contributed by atoms with Gasteiger partial charge in [-0.05, 0) is 70.2 Å². The monoisotopic (exact) mass is 400 g/mol. The van der Waals surface area contributed by atoms with E-state index in [0.29, 0.717) is 16.9 Å². The van der Waals surface area contributed by atoms with Crippen LogP contribution >= 0.6 is 0 Å². The summed E-state index contributed by atoms with van der Waals surface area (Å²) in [6.45, 7) is 6.97. The third-order valence-corrected chi connectivity index (χ3v) is 5.40. The van der Waals surface area contributed by atoms with Gasteiger partial charge in [0.1, 0.15) is 6.04 Å². The van der Waals surface area contributed by atoms with Gasteiger partial charge in [-0.15, -0.1) is 0 Å². The fourth-order valence-corrected chi connectivity index (χ4v) is 3.87. The molecular weight excluding hydrogens is 376 g/mol. The standard InChI is InChI=1S/C20H24N4O3S/c1-14(19(25)23-16-10-8-15(13-21)9-11-16)22-17-6-5-7-18(12-17)28(26,27)24-20(2,3)4/h5-12,14,22,24H,1-4H3,(H,23,25)/t14-/m1/s1. The molecule has 0 saturated carbocycles. The second-order valence-electron chi connectivity index (χ2n) is 7.43. The molecule has 1 amide bonds. The van der Waals surface area contributed by atoms with Crippen LogP contribution < -0.4 is 15.4 Å². The Kier molecular flexibility index (Phi) is 6.44. The molecule has 0 aliphatic carbocycles. The number of carbonyl (C=O) groups excluding carboxylic acids is 1. The maximum absolute atomic E-state index is 12.5. The predicted octanol–water partition coefficient (Wildman–Crippen LogP) is 3.07. The molecule has 1 atom stereocenters.